The molecule has 0 aliphatic heterocycles. The molecule has 0 radical (unpaired) electrons. The van der Waals surface area contributed by atoms with E-state index < -0.39 is 0 Å². The Balaban J connectivity index is 2.27. The summed E-state index contributed by atoms with van der Waals surface area (Å²) in [4.78, 5) is 0. The number of nitrogens with zero attached hydrogens (tertiary/aromatic N) is 1. The van der Waals surface area contributed by atoms with Gasteiger partial charge in [0.05, 0.1) is 12.7 Å². The molecule has 19 heavy (non-hydrogen) atoms. The van der Waals surface area contributed by atoms with E-state index in [-0.39, 0.29) is 0 Å². The first-order valence-corrected chi connectivity index (χ1v) is 6.48. The average Bonchev–Trinajstić information content (AvgIpc) is 2.46. The van der Waals surface area contributed by atoms with Gasteiger partial charge in [0.15, 0.2) is 11.5 Å². The van der Waals surface area contributed by atoms with Crippen LogP contribution in [0.2, 0.25) is 0 Å². The highest BCUT2D eigenvalue weighted by atomic mass is 79.9. The highest BCUT2D eigenvalue weighted by molar-refractivity contribution is 9.10. The number of hydrogen-bond acceptors (Lipinski definition) is 3. The Morgan fingerprint density at radius 3 is 2.58 bits per heavy atom. The number of benzene rings is 2. The SMILES string of the molecule is COc1cc(Br)cc(C#N)c1OCc1ccccc1. The Kier molecular flexibility index (Phi) is 4.43. The van der Waals surface area contributed by atoms with Crippen LogP contribution in [-0.4, -0.2) is 7.11 Å². The van der Waals surface area contributed by atoms with Crippen LogP contribution in [-0.2, 0) is 6.61 Å². The molecule has 0 aliphatic carbocycles. The summed E-state index contributed by atoms with van der Waals surface area (Å²) in [7, 11) is 1.55. The quantitative estimate of drug-likeness (QED) is 0.858. The van der Waals surface area contributed by atoms with Crippen molar-refractivity contribution >= 4 is 15.9 Å². The molecule has 0 saturated carbocycles. The Bertz CT molecular complexity index is 606. The van der Waals surface area contributed by atoms with Crippen molar-refractivity contribution in [2.24, 2.45) is 0 Å². The van der Waals surface area contributed by atoms with Crippen molar-refractivity contribution in [3.63, 3.8) is 0 Å². The van der Waals surface area contributed by atoms with Crippen LogP contribution in [0.3, 0.4) is 0 Å². The summed E-state index contributed by atoms with van der Waals surface area (Å²) >= 11 is 3.34. The number of hydrogen-bond donors (Lipinski definition) is 0. The summed E-state index contributed by atoms with van der Waals surface area (Å²) in [6.45, 7) is 0.396. The fourth-order valence-corrected chi connectivity index (χ4v) is 2.12. The van der Waals surface area contributed by atoms with Crippen molar-refractivity contribution in [2.45, 2.75) is 6.61 Å². The minimum absolute atomic E-state index is 0.396. The molecule has 0 aliphatic rings. The Labute approximate surface area is 120 Å². The summed E-state index contributed by atoms with van der Waals surface area (Å²) < 4.78 is 11.8. The normalized spacial score (nSPS) is 9.74. The molecule has 0 saturated heterocycles. The summed E-state index contributed by atoms with van der Waals surface area (Å²) in [5.41, 5.74) is 1.48. The largest absolute Gasteiger partial charge is 0.493 e. The lowest BCUT2D eigenvalue weighted by atomic mass is 10.2. The summed E-state index contributed by atoms with van der Waals surface area (Å²) in [5, 5.41) is 9.15. The van der Waals surface area contributed by atoms with Crippen molar-refractivity contribution in [3.05, 3.63) is 58.1 Å². The third-order valence-corrected chi connectivity index (χ3v) is 3.04. The van der Waals surface area contributed by atoms with Gasteiger partial charge in [-0.1, -0.05) is 46.3 Å². The molecule has 0 N–H and O–H groups in total. The molecule has 0 unspecified atom stereocenters. The van der Waals surface area contributed by atoms with Crippen LogP contribution in [0.25, 0.3) is 0 Å². The maximum Gasteiger partial charge on any atom is 0.179 e. The molecule has 0 bridgehead atoms. The third-order valence-electron chi connectivity index (χ3n) is 2.59. The van der Waals surface area contributed by atoms with E-state index in [0.29, 0.717) is 23.7 Å². The number of ether oxygens (including phenoxy) is 2. The van der Waals surface area contributed by atoms with Crippen molar-refractivity contribution in [3.8, 4) is 17.6 Å². The van der Waals surface area contributed by atoms with E-state index in [9.17, 15) is 0 Å². The summed E-state index contributed by atoms with van der Waals surface area (Å²) in [6, 6.07) is 15.4. The second-order valence-corrected chi connectivity index (χ2v) is 4.79. The minimum Gasteiger partial charge on any atom is -0.493 e. The fourth-order valence-electron chi connectivity index (χ4n) is 1.68. The lowest BCUT2D eigenvalue weighted by Gasteiger charge is -2.12. The number of nitriles is 1. The van der Waals surface area contributed by atoms with E-state index in [4.69, 9.17) is 14.7 Å². The van der Waals surface area contributed by atoms with Crippen LogP contribution in [0.5, 0.6) is 11.5 Å². The smallest absolute Gasteiger partial charge is 0.179 e. The van der Waals surface area contributed by atoms with E-state index in [1.54, 1.807) is 19.2 Å². The second-order valence-electron chi connectivity index (χ2n) is 3.87. The van der Waals surface area contributed by atoms with E-state index in [0.717, 1.165) is 10.0 Å². The molecule has 3 nitrogen and oxygen atoms in total. The van der Waals surface area contributed by atoms with Gasteiger partial charge in [-0.2, -0.15) is 5.26 Å². The van der Waals surface area contributed by atoms with Gasteiger partial charge in [0, 0.05) is 4.47 Å². The van der Waals surface area contributed by atoms with Crippen LogP contribution in [0, 0.1) is 11.3 Å². The van der Waals surface area contributed by atoms with Crippen LogP contribution in [0.4, 0.5) is 0 Å². The fraction of sp³-hybridized carbons (Fsp3) is 0.133. The van der Waals surface area contributed by atoms with E-state index in [2.05, 4.69) is 22.0 Å². The Morgan fingerprint density at radius 2 is 1.95 bits per heavy atom. The van der Waals surface area contributed by atoms with Crippen molar-refractivity contribution in [2.75, 3.05) is 7.11 Å². The first kappa shape index (κ1) is 13.4. The number of methoxy groups -OCH3 is 1. The molecule has 2 rings (SSSR count). The maximum atomic E-state index is 9.15. The maximum absolute atomic E-state index is 9.15. The zero-order valence-electron chi connectivity index (χ0n) is 10.4. The third kappa shape index (κ3) is 3.27. The molecule has 0 aromatic heterocycles. The van der Waals surface area contributed by atoms with Crippen molar-refractivity contribution < 1.29 is 9.47 Å². The molecule has 0 atom stereocenters. The average molecular weight is 318 g/mol. The van der Waals surface area contributed by atoms with Gasteiger partial charge < -0.3 is 9.47 Å². The monoisotopic (exact) mass is 317 g/mol. The standard InChI is InChI=1S/C15H12BrNO2/c1-18-14-8-13(16)7-12(9-17)15(14)19-10-11-5-3-2-4-6-11/h2-8H,10H2,1H3. The Hall–Kier alpha value is -1.99. The van der Waals surface area contributed by atoms with E-state index in [1.807, 2.05) is 30.3 Å². The van der Waals surface area contributed by atoms with Gasteiger partial charge in [0.25, 0.3) is 0 Å². The van der Waals surface area contributed by atoms with Crippen LogP contribution < -0.4 is 9.47 Å². The topological polar surface area (TPSA) is 42.2 Å². The molecule has 0 spiro atoms. The van der Waals surface area contributed by atoms with Gasteiger partial charge in [-0.15, -0.1) is 0 Å². The molecule has 0 heterocycles. The molecule has 4 heteroatoms. The van der Waals surface area contributed by atoms with Crippen LogP contribution in [0.15, 0.2) is 46.9 Å². The van der Waals surface area contributed by atoms with Gasteiger partial charge in [-0.3, -0.25) is 0 Å². The number of rotatable bonds is 4. The molecule has 0 fully saturated rings. The van der Waals surface area contributed by atoms with Crippen LogP contribution in [0.1, 0.15) is 11.1 Å². The Morgan fingerprint density at radius 1 is 1.21 bits per heavy atom. The van der Waals surface area contributed by atoms with Gasteiger partial charge in [0.1, 0.15) is 12.7 Å². The minimum atomic E-state index is 0.396. The predicted molar refractivity (Wildman–Crippen MR) is 76.2 cm³/mol. The van der Waals surface area contributed by atoms with Crippen molar-refractivity contribution in [1.82, 2.24) is 0 Å². The zero-order valence-corrected chi connectivity index (χ0v) is 12.0. The second kappa shape index (κ2) is 6.26. The molecular weight excluding hydrogens is 306 g/mol. The molecule has 96 valence electrons. The lowest BCUT2D eigenvalue weighted by molar-refractivity contribution is 0.283. The molecule has 2 aromatic rings. The van der Waals surface area contributed by atoms with Gasteiger partial charge >= 0.3 is 0 Å². The van der Waals surface area contributed by atoms with E-state index in [1.165, 1.54) is 0 Å². The molecular formula is C15H12BrNO2. The highest BCUT2D eigenvalue weighted by Gasteiger charge is 2.12. The number of halogens is 1. The zero-order chi connectivity index (χ0) is 13.7. The van der Waals surface area contributed by atoms with Crippen LogP contribution >= 0.6 is 15.9 Å². The molecule has 2 aromatic carbocycles. The first-order valence-electron chi connectivity index (χ1n) is 5.69. The first-order chi connectivity index (χ1) is 9.24. The predicted octanol–water partition coefficient (Wildman–Crippen LogP) is 3.91. The van der Waals surface area contributed by atoms with Crippen molar-refractivity contribution in [1.29, 1.82) is 5.26 Å². The summed E-state index contributed by atoms with van der Waals surface area (Å²) in [5.74, 6) is 1.01. The highest BCUT2D eigenvalue weighted by Crippen LogP contribution is 2.34. The van der Waals surface area contributed by atoms with Gasteiger partial charge in [-0.25, -0.2) is 0 Å². The van der Waals surface area contributed by atoms with E-state index >= 15 is 0 Å². The summed E-state index contributed by atoms with van der Waals surface area (Å²) in [6.07, 6.45) is 0. The van der Waals surface area contributed by atoms with Gasteiger partial charge in [-0.05, 0) is 17.7 Å². The molecule has 0 amide bonds. The lowest BCUT2D eigenvalue weighted by Crippen LogP contribution is -2.00. The van der Waals surface area contributed by atoms with Gasteiger partial charge in [0.2, 0.25) is 0 Å².